The third kappa shape index (κ3) is 2.59. The first-order valence-electron chi connectivity index (χ1n) is 8.43. The van der Waals surface area contributed by atoms with Gasteiger partial charge in [0, 0.05) is 25.2 Å². The Hall–Kier alpha value is -1.68. The molecular weight excluding hydrogens is 286 g/mol. The molecule has 2 aromatic carbocycles. The predicted octanol–water partition coefficient (Wildman–Crippen LogP) is 3.14. The van der Waals surface area contributed by atoms with Gasteiger partial charge in [-0.3, -0.25) is 0 Å². The zero-order valence-electron chi connectivity index (χ0n) is 13.3. The average molecular weight is 309 g/mol. The smallest absolute Gasteiger partial charge is 0.0589 e. The third-order valence-corrected chi connectivity index (χ3v) is 5.40. The van der Waals surface area contributed by atoms with E-state index >= 15 is 0 Å². The Morgan fingerprint density at radius 3 is 2.09 bits per heavy atom. The number of ether oxygens (including phenoxy) is 1. The summed E-state index contributed by atoms with van der Waals surface area (Å²) >= 11 is 0. The van der Waals surface area contributed by atoms with Crippen LogP contribution in [0.15, 0.2) is 48.5 Å². The molecule has 0 bridgehead atoms. The van der Waals surface area contributed by atoms with Crippen molar-refractivity contribution in [2.24, 2.45) is 5.41 Å². The Bertz CT molecular complexity index is 646. The van der Waals surface area contributed by atoms with Crippen molar-refractivity contribution < 1.29 is 9.84 Å². The lowest BCUT2D eigenvalue weighted by Crippen LogP contribution is -2.42. The number of benzene rings is 2. The summed E-state index contributed by atoms with van der Waals surface area (Å²) in [6.45, 7) is 2.54. The van der Waals surface area contributed by atoms with Crippen molar-refractivity contribution in [1.29, 1.82) is 0 Å². The van der Waals surface area contributed by atoms with Crippen LogP contribution in [0.5, 0.6) is 0 Å². The van der Waals surface area contributed by atoms with E-state index in [0.717, 1.165) is 32.6 Å². The zero-order valence-corrected chi connectivity index (χ0v) is 13.3. The SMILES string of the molecule is OCC1(CNC2c3ccccc3-c3ccccc32)CCOCC1. The van der Waals surface area contributed by atoms with Crippen LogP contribution in [-0.4, -0.2) is 31.5 Å². The second kappa shape index (κ2) is 6.08. The maximum Gasteiger partial charge on any atom is 0.0589 e. The summed E-state index contributed by atoms with van der Waals surface area (Å²) in [5.41, 5.74) is 5.28. The Morgan fingerprint density at radius 2 is 1.52 bits per heavy atom. The van der Waals surface area contributed by atoms with E-state index in [1.54, 1.807) is 0 Å². The van der Waals surface area contributed by atoms with Gasteiger partial charge in [-0.25, -0.2) is 0 Å². The quantitative estimate of drug-likeness (QED) is 0.912. The second-order valence-corrected chi connectivity index (χ2v) is 6.76. The molecule has 1 saturated heterocycles. The van der Waals surface area contributed by atoms with Crippen LogP contribution in [0.25, 0.3) is 11.1 Å². The summed E-state index contributed by atoms with van der Waals surface area (Å²) in [4.78, 5) is 0. The van der Waals surface area contributed by atoms with Crippen LogP contribution in [0.1, 0.15) is 30.0 Å². The Morgan fingerprint density at radius 1 is 0.957 bits per heavy atom. The van der Waals surface area contributed by atoms with E-state index in [2.05, 4.69) is 53.8 Å². The van der Waals surface area contributed by atoms with Gasteiger partial charge in [-0.2, -0.15) is 0 Å². The molecule has 23 heavy (non-hydrogen) atoms. The topological polar surface area (TPSA) is 41.5 Å². The van der Waals surface area contributed by atoms with Gasteiger partial charge in [-0.15, -0.1) is 0 Å². The summed E-state index contributed by atoms with van der Waals surface area (Å²) in [5, 5.41) is 13.7. The van der Waals surface area contributed by atoms with Gasteiger partial charge in [0.15, 0.2) is 0 Å². The molecule has 2 aromatic rings. The maximum atomic E-state index is 9.91. The van der Waals surface area contributed by atoms with Crippen LogP contribution in [0, 0.1) is 5.41 Å². The number of aliphatic hydroxyl groups is 1. The molecule has 0 unspecified atom stereocenters. The highest BCUT2D eigenvalue weighted by Gasteiger charge is 2.34. The van der Waals surface area contributed by atoms with Crippen LogP contribution < -0.4 is 5.32 Å². The number of fused-ring (bicyclic) bond motifs is 3. The molecule has 2 N–H and O–H groups in total. The van der Waals surface area contributed by atoms with Crippen LogP contribution in [-0.2, 0) is 4.74 Å². The molecule has 1 heterocycles. The average Bonchev–Trinajstić information content (AvgIpc) is 2.95. The lowest BCUT2D eigenvalue weighted by atomic mass is 9.80. The van der Waals surface area contributed by atoms with Gasteiger partial charge in [0.2, 0.25) is 0 Å². The number of nitrogens with one attached hydrogen (secondary N) is 1. The van der Waals surface area contributed by atoms with Crippen molar-refractivity contribution in [2.75, 3.05) is 26.4 Å². The maximum absolute atomic E-state index is 9.91. The van der Waals surface area contributed by atoms with E-state index in [9.17, 15) is 5.11 Å². The molecule has 3 nitrogen and oxygen atoms in total. The normalized spacial score (nSPS) is 19.3. The minimum atomic E-state index is -0.0509. The first-order valence-corrected chi connectivity index (χ1v) is 8.43. The fraction of sp³-hybridized carbons (Fsp3) is 0.400. The molecule has 0 saturated carbocycles. The third-order valence-electron chi connectivity index (χ3n) is 5.40. The minimum Gasteiger partial charge on any atom is -0.396 e. The van der Waals surface area contributed by atoms with Crippen LogP contribution >= 0.6 is 0 Å². The van der Waals surface area contributed by atoms with Crippen LogP contribution in [0.2, 0.25) is 0 Å². The Balaban J connectivity index is 1.61. The molecule has 0 aromatic heterocycles. The largest absolute Gasteiger partial charge is 0.396 e. The Kier molecular flexibility index (Phi) is 3.93. The van der Waals surface area contributed by atoms with Gasteiger partial charge in [0.1, 0.15) is 0 Å². The van der Waals surface area contributed by atoms with E-state index in [1.165, 1.54) is 22.3 Å². The molecule has 1 aliphatic heterocycles. The van der Waals surface area contributed by atoms with E-state index in [4.69, 9.17) is 4.74 Å². The van der Waals surface area contributed by atoms with Crippen molar-refractivity contribution in [3.05, 3.63) is 59.7 Å². The number of rotatable bonds is 4. The fourth-order valence-electron chi connectivity index (χ4n) is 3.89. The van der Waals surface area contributed by atoms with Crippen molar-refractivity contribution in [3.8, 4) is 11.1 Å². The minimum absolute atomic E-state index is 0.0509. The van der Waals surface area contributed by atoms with Gasteiger partial charge in [-0.1, -0.05) is 48.5 Å². The van der Waals surface area contributed by atoms with Crippen molar-refractivity contribution in [3.63, 3.8) is 0 Å². The molecule has 0 atom stereocenters. The molecule has 2 aliphatic rings. The van der Waals surface area contributed by atoms with Crippen molar-refractivity contribution >= 4 is 0 Å². The summed E-state index contributed by atoms with van der Waals surface area (Å²) in [6.07, 6.45) is 1.85. The van der Waals surface area contributed by atoms with Gasteiger partial charge in [-0.05, 0) is 35.1 Å². The highest BCUT2D eigenvalue weighted by Crippen LogP contribution is 2.43. The molecule has 0 amide bonds. The van der Waals surface area contributed by atoms with E-state index in [-0.39, 0.29) is 18.1 Å². The highest BCUT2D eigenvalue weighted by molar-refractivity contribution is 5.78. The second-order valence-electron chi connectivity index (χ2n) is 6.76. The highest BCUT2D eigenvalue weighted by atomic mass is 16.5. The molecule has 4 rings (SSSR count). The van der Waals surface area contributed by atoms with Crippen LogP contribution in [0.4, 0.5) is 0 Å². The Labute approximate surface area is 137 Å². The molecule has 0 radical (unpaired) electrons. The van der Waals surface area contributed by atoms with Gasteiger partial charge in [0.05, 0.1) is 12.6 Å². The molecule has 120 valence electrons. The lowest BCUT2D eigenvalue weighted by molar-refractivity contribution is -0.0160. The number of hydrogen-bond donors (Lipinski definition) is 2. The molecule has 1 fully saturated rings. The van der Waals surface area contributed by atoms with Crippen LogP contribution in [0.3, 0.4) is 0 Å². The van der Waals surface area contributed by atoms with Gasteiger partial charge in [0.25, 0.3) is 0 Å². The van der Waals surface area contributed by atoms with Gasteiger partial charge < -0.3 is 15.2 Å². The molecule has 0 spiro atoms. The summed E-state index contributed by atoms with van der Waals surface area (Å²) < 4.78 is 5.47. The van der Waals surface area contributed by atoms with E-state index in [0.29, 0.717) is 0 Å². The molecule has 3 heteroatoms. The van der Waals surface area contributed by atoms with Gasteiger partial charge >= 0.3 is 0 Å². The summed E-state index contributed by atoms with van der Waals surface area (Å²) in [6, 6.07) is 17.5. The number of hydrogen-bond acceptors (Lipinski definition) is 3. The zero-order chi connectivity index (χ0) is 15.7. The standard InChI is InChI=1S/C20H23NO2/c22-14-20(9-11-23-12-10-20)13-21-19-17-7-3-1-5-15(17)16-6-2-4-8-18(16)19/h1-8,19,21-22H,9-14H2. The predicted molar refractivity (Wildman–Crippen MR) is 91.3 cm³/mol. The fourth-order valence-corrected chi connectivity index (χ4v) is 3.89. The first kappa shape index (κ1) is 14.9. The molecular formula is C20H23NO2. The first-order chi connectivity index (χ1) is 11.3. The lowest BCUT2D eigenvalue weighted by Gasteiger charge is -2.36. The van der Waals surface area contributed by atoms with Crippen molar-refractivity contribution in [1.82, 2.24) is 5.32 Å². The van der Waals surface area contributed by atoms with E-state index in [1.807, 2.05) is 0 Å². The van der Waals surface area contributed by atoms with E-state index < -0.39 is 0 Å². The van der Waals surface area contributed by atoms with Crippen molar-refractivity contribution in [2.45, 2.75) is 18.9 Å². The summed E-state index contributed by atoms with van der Waals surface area (Å²) in [7, 11) is 0. The molecule has 1 aliphatic carbocycles. The summed E-state index contributed by atoms with van der Waals surface area (Å²) in [5.74, 6) is 0. The number of aliphatic hydroxyl groups excluding tert-OH is 1. The monoisotopic (exact) mass is 309 g/mol.